The first-order valence-corrected chi connectivity index (χ1v) is 12.7. The Bertz CT molecular complexity index is 1210. The van der Waals surface area contributed by atoms with Crippen molar-refractivity contribution in [1.82, 2.24) is 15.1 Å². The predicted molar refractivity (Wildman–Crippen MR) is 157 cm³/mol. The van der Waals surface area contributed by atoms with E-state index >= 15 is 0 Å². The predicted octanol–water partition coefficient (Wildman–Crippen LogP) is 6.68. The molecule has 8 heteroatoms. The molecule has 0 atom stereocenters. The first-order chi connectivity index (χ1) is 17.8. The van der Waals surface area contributed by atoms with Crippen molar-refractivity contribution in [2.24, 2.45) is 0 Å². The van der Waals surface area contributed by atoms with Crippen LogP contribution in [0.1, 0.15) is 39.2 Å². The Hall–Kier alpha value is -3.68. The lowest BCUT2D eigenvalue weighted by molar-refractivity contribution is -0.113. The Morgan fingerprint density at radius 2 is 1.76 bits per heavy atom. The minimum absolute atomic E-state index is 0.113. The number of likely N-dealkylation sites (N-methyl/N-ethyl adjacent to an activating group) is 2. The van der Waals surface area contributed by atoms with Crippen molar-refractivity contribution >= 4 is 34.7 Å². The lowest BCUT2D eigenvalue weighted by atomic mass is 10.0. The molecule has 0 aliphatic carbocycles. The van der Waals surface area contributed by atoms with Crippen LogP contribution in [0.2, 0.25) is 5.02 Å². The molecule has 0 saturated heterocycles. The summed E-state index contributed by atoms with van der Waals surface area (Å²) in [7, 11) is 3.56. The number of benzene rings is 2. The first-order valence-electron chi connectivity index (χ1n) is 12.3. The minimum Gasteiger partial charge on any atom is -0.347 e. The summed E-state index contributed by atoms with van der Waals surface area (Å²) in [6, 6.07) is 14.8. The summed E-state index contributed by atoms with van der Waals surface area (Å²) in [6.07, 6.45) is 7.52. The Kier molecular flexibility index (Phi) is 11.8. The highest BCUT2D eigenvalue weighted by molar-refractivity contribution is 6.30. The van der Waals surface area contributed by atoms with Crippen LogP contribution in [0, 0.1) is 5.41 Å². The van der Waals surface area contributed by atoms with E-state index in [4.69, 9.17) is 22.1 Å². The molecule has 3 aromatic rings. The van der Waals surface area contributed by atoms with Gasteiger partial charge in [0.1, 0.15) is 11.5 Å². The number of halogens is 1. The third-order valence-corrected chi connectivity index (χ3v) is 5.76. The topological polar surface area (TPSA) is 86.0 Å². The number of hydrogen-bond acceptors (Lipinski definition) is 5. The average molecular weight is 521 g/mol. The molecule has 1 aromatic heterocycles. The largest absolute Gasteiger partial charge is 0.347 e. The second-order valence-corrected chi connectivity index (χ2v) is 8.77. The van der Waals surface area contributed by atoms with Gasteiger partial charge in [-0.15, -0.1) is 0 Å². The zero-order valence-corrected chi connectivity index (χ0v) is 23.1. The van der Waals surface area contributed by atoms with Gasteiger partial charge in [0.25, 0.3) is 0 Å². The van der Waals surface area contributed by atoms with Crippen molar-refractivity contribution in [3.63, 3.8) is 0 Å². The third kappa shape index (κ3) is 7.90. The Morgan fingerprint density at radius 3 is 2.27 bits per heavy atom. The molecule has 0 radical (unpaired) electrons. The number of amides is 1. The van der Waals surface area contributed by atoms with Gasteiger partial charge in [0.15, 0.2) is 0 Å². The molecule has 0 fully saturated rings. The Labute approximate surface area is 225 Å². The van der Waals surface area contributed by atoms with Crippen molar-refractivity contribution < 1.29 is 4.79 Å². The minimum atomic E-state index is -0.113. The summed E-state index contributed by atoms with van der Waals surface area (Å²) in [5.74, 6) is 0.521. The van der Waals surface area contributed by atoms with Crippen molar-refractivity contribution in [2.45, 2.75) is 33.6 Å². The van der Waals surface area contributed by atoms with Gasteiger partial charge < -0.3 is 20.9 Å². The molecule has 2 aromatic carbocycles. The fraction of sp³-hybridized carbons (Fsp3) is 0.276. The van der Waals surface area contributed by atoms with E-state index < -0.39 is 0 Å². The fourth-order valence-corrected chi connectivity index (χ4v) is 3.46. The van der Waals surface area contributed by atoms with Crippen molar-refractivity contribution in [3.05, 3.63) is 84.0 Å². The number of nitrogens with zero attached hydrogens (tertiary/aromatic N) is 3. The van der Waals surface area contributed by atoms with E-state index in [1.165, 1.54) is 12.8 Å². The molecule has 1 heterocycles. The van der Waals surface area contributed by atoms with Gasteiger partial charge in [0, 0.05) is 41.7 Å². The van der Waals surface area contributed by atoms with Crippen LogP contribution >= 0.6 is 11.6 Å². The van der Waals surface area contributed by atoms with Crippen LogP contribution in [0.5, 0.6) is 0 Å². The number of anilines is 2. The molecule has 37 heavy (non-hydrogen) atoms. The Balaban J connectivity index is 0.00000112. The molecule has 0 saturated carbocycles. The molecule has 1 amide bonds. The Morgan fingerprint density at radius 1 is 1.14 bits per heavy atom. The number of carbonyl (C=O) groups is 1. The van der Waals surface area contributed by atoms with Crippen LogP contribution in [-0.2, 0) is 4.79 Å². The van der Waals surface area contributed by atoms with Crippen molar-refractivity contribution in [1.29, 1.82) is 5.41 Å². The molecule has 3 rings (SSSR count). The van der Waals surface area contributed by atoms with Crippen LogP contribution in [-0.4, -0.2) is 42.0 Å². The SMILES string of the molecule is C=CNc1c(C(C)=N)c(-c2ccc(Cl)cc2)nn1-c1ccc(N(C)C(=O)/C=C/CNC)cc1.CCCC. The van der Waals surface area contributed by atoms with Crippen molar-refractivity contribution in [2.75, 3.05) is 30.9 Å². The zero-order valence-electron chi connectivity index (χ0n) is 22.3. The molecule has 0 aliphatic rings. The van der Waals surface area contributed by atoms with Crippen LogP contribution in [0.25, 0.3) is 16.9 Å². The zero-order chi connectivity index (χ0) is 27.4. The summed E-state index contributed by atoms with van der Waals surface area (Å²) >= 11 is 6.05. The van der Waals surface area contributed by atoms with Crippen LogP contribution < -0.4 is 15.5 Å². The third-order valence-electron chi connectivity index (χ3n) is 5.51. The molecule has 3 N–H and O–H groups in total. The van der Waals surface area contributed by atoms with Gasteiger partial charge in [0.05, 0.1) is 11.3 Å². The van der Waals surface area contributed by atoms with Gasteiger partial charge >= 0.3 is 0 Å². The summed E-state index contributed by atoms with van der Waals surface area (Å²) in [4.78, 5) is 13.9. The molecule has 7 nitrogen and oxygen atoms in total. The van der Waals surface area contributed by atoms with Crippen LogP contribution in [0.4, 0.5) is 11.5 Å². The molecule has 196 valence electrons. The first kappa shape index (κ1) is 29.5. The van der Waals surface area contributed by atoms with E-state index in [-0.39, 0.29) is 5.91 Å². The maximum absolute atomic E-state index is 12.4. The molecular weight excluding hydrogens is 484 g/mol. The fourth-order valence-electron chi connectivity index (χ4n) is 3.33. The lowest BCUT2D eigenvalue weighted by Gasteiger charge is -2.16. The summed E-state index contributed by atoms with van der Waals surface area (Å²) in [5.41, 5.74) is 4.08. The van der Waals surface area contributed by atoms with E-state index in [2.05, 4.69) is 31.1 Å². The number of unbranched alkanes of at least 4 members (excludes halogenated alkanes) is 1. The standard InChI is InChI=1S/C25H27ClN6O.C4H10/c1-5-29-25-23(17(2)27)24(18-8-10-19(26)11-9-18)30-32(25)21-14-12-20(13-15-21)31(4)22(33)7-6-16-28-3;1-3-4-2/h5-15,27-29H,1,16H2,2-4H3;3-4H2,1-2H3/b7-6+,27-17?;. The number of nitrogens with one attached hydrogen (secondary N) is 3. The molecule has 0 bridgehead atoms. The molecule has 0 spiro atoms. The van der Waals surface area contributed by atoms with Crippen molar-refractivity contribution in [3.8, 4) is 16.9 Å². The van der Waals surface area contributed by atoms with E-state index in [9.17, 15) is 4.79 Å². The summed E-state index contributed by atoms with van der Waals surface area (Å²) in [5, 5.41) is 19.9. The van der Waals surface area contributed by atoms with E-state index in [0.717, 1.165) is 16.9 Å². The van der Waals surface area contributed by atoms with Gasteiger partial charge in [-0.1, -0.05) is 63.1 Å². The maximum Gasteiger partial charge on any atom is 0.250 e. The highest BCUT2D eigenvalue weighted by Gasteiger charge is 2.21. The highest BCUT2D eigenvalue weighted by atomic mass is 35.5. The smallest absolute Gasteiger partial charge is 0.250 e. The second-order valence-electron chi connectivity index (χ2n) is 8.34. The number of rotatable bonds is 10. The number of hydrogen-bond donors (Lipinski definition) is 3. The lowest BCUT2D eigenvalue weighted by Crippen LogP contribution is -2.24. The van der Waals surface area contributed by atoms with Gasteiger partial charge in [-0.2, -0.15) is 5.10 Å². The average Bonchev–Trinajstić information content (AvgIpc) is 3.28. The van der Waals surface area contributed by atoms with E-state index in [0.29, 0.717) is 34.4 Å². The molecular formula is C29H37ClN6O. The van der Waals surface area contributed by atoms with Gasteiger partial charge in [-0.05, 0) is 56.6 Å². The summed E-state index contributed by atoms with van der Waals surface area (Å²) < 4.78 is 1.73. The quantitative estimate of drug-likeness (QED) is 0.205. The number of aromatic nitrogens is 2. The van der Waals surface area contributed by atoms with Gasteiger partial charge in [-0.25, -0.2) is 4.68 Å². The van der Waals surface area contributed by atoms with Gasteiger partial charge in [0.2, 0.25) is 5.91 Å². The summed E-state index contributed by atoms with van der Waals surface area (Å²) in [6.45, 7) is 10.5. The highest BCUT2D eigenvalue weighted by Crippen LogP contribution is 2.32. The second kappa shape index (κ2) is 14.8. The molecule has 0 unspecified atom stereocenters. The maximum atomic E-state index is 12.4. The van der Waals surface area contributed by atoms with E-state index in [1.807, 2.05) is 43.4 Å². The number of carbonyl (C=O) groups excluding carboxylic acids is 1. The van der Waals surface area contributed by atoms with E-state index in [1.54, 1.807) is 54.0 Å². The normalized spacial score (nSPS) is 10.5. The molecule has 0 aliphatic heterocycles. The monoisotopic (exact) mass is 520 g/mol. The van der Waals surface area contributed by atoms with Crippen LogP contribution in [0.15, 0.2) is 73.5 Å². The van der Waals surface area contributed by atoms with Crippen LogP contribution in [0.3, 0.4) is 0 Å². The van der Waals surface area contributed by atoms with Gasteiger partial charge in [-0.3, -0.25) is 4.79 Å².